The third-order valence-corrected chi connectivity index (χ3v) is 4.31. The molecule has 1 aromatic heterocycles. The van der Waals surface area contributed by atoms with Crippen molar-refractivity contribution in [1.82, 2.24) is 10.3 Å². The Morgan fingerprint density at radius 2 is 2.10 bits per heavy atom. The molecule has 0 radical (unpaired) electrons. The molecule has 2 aromatic rings. The van der Waals surface area contributed by atoms with Gasteiger partial charge in [0.25, 0.3) is 0 Å². The van der Waals surface area contributed by atoms with Crippen LogP contribution < -0.4 is 10.6 Å². The van der Waals surface area contributed by atoms with Gasteiger partial charge in [0.1, 0.15) is 0 Å². The normalized spacial score (nSPS) is 11.2. The van der Waals surface area contributed by atoms with Crippen molar-refractivity contribution in [3.63, 3.8) is 0 Å². The molecule has 0 saturated heterocycles. The molecule has 0 atom stereocenters. The minimum Gasteiger partial charge on any atom is -0.360 e. The van der Waals surface area contributed by atoms with E-state index in [-0.39, 0.29) is 5.91 Å². The average molecular weight is 324 g/mol. The van der Waals surface area contributed by atoms with Gasteiger partial charge in [-0.3, -0.25) is 4.79 Å². The van der Waals surface area contributed by atoms with E-state index in [9.17, 15) is 4.79 Å². The molecular formula is C15H18ClN3OS. The average Bonchev–Trinajstić information content (AvgIpc) is 2.93. The van der Waals surface area contributed by atoms with Crippen LogP contribution in [-0.4, -0.2) is 24.5 Å². The maximum absolute atomic E-state index is 11.7. The predicted molar refractivity (Wildman–Crippen MR) is 88.9 cm³/mol. The maximum atomic E-state index is 11.7. The number of carbonyl (C=O) groups excluding carboxylic acids is 1. The Balaban J connectivity index is 2.08. The topological polar surface area (TPSA) is 54.0 Å². The van der Waals surface area contributed by atoms with Crippen LogP contribution >= 0.6 is 22.9 Å². The second-order valence-electron chi connectivity index (χ2n) is 5.33. The number of benzene rings is 1. The monoisotopic (exact) mass is 323 g/mol. The lowest BCUT2D eigenvalue weighted by atomic mass is 9.92. The van der Waals surface area contributed by atoms with Crippen molar-refractivity contribution in [2.45, 2.75) is 13.8 Å². The molecule has 0 aliphatic rings. The number of nitrogens with zero attached hydrogens (tertiary/aromatic N) is 1. The number of thiazole rings is 1. The van der Waals surface area contributed by atoms with Crippen LogP contribution in [0.4, 0.5) is 5.13 Å². The number of hydrogen-bond donors (Lipinski definition) is 2. The van der Waals surface area contributed by atoms with E-state index in [2.05, 4.69) is 15.6 Å². The molecule has 0 aliphatic carbocycles. The van der Waals surface area contributed by atoms with E-state index in [4.69, 9.17) is 11.6 Å². The maximum Gasteiger partial charge on any atom is 0.227 e. The molecule has 0 saturated carbocycles. The van der Waals surface area contributed by atoms with Gasteiger partial charge in [-0.25, -0.2) is 4.98 Å². The quantitative estimate of drug-likeness (QED) is 0.883. The van der Waals surface area contributed by atoms with Gasteiger partial charge in [0.05, 0.1) is 11.1 Å². The molecule has 6 heteroatoms. The summed E-state index contributed by atoms with van der Waals surface area (Å²) in [6.07, 6.45) is 0. The molecule has 4 nitrogen and oxygen atoms in total. The molecule has 0 fully saturated rings. The summed E-state index contributed by atoms with van der Waals surface area (Å²) in [6.45, 7) is 4.30. The first kappa shape index (κ1) is 15.8. The number of rotatable bonds is 5. The first-order valence-corrected chi connectivity index (χ1v) is 7.86. The van der Waals surface area contributed by atoms with Crippen LogP contribution in [-0.2, 0) is 4.79 Å². The molecule has 2 rings (SSSR count). The molecule has 21 heavy (non-hydrogen) atoms. The fraction of sp³-hybridized carbons (Fsp3) is 0.333. The lowest BCUT2D eigenvalue weighted by molar-refractivity contribution is -0.128. The van der Waals surface area contributed by atoms with Gasteiger partial charge in [0, 0.05) is 29.6 Å². The number of halogens is 1. The number of hydrogen-bond acceptors (Lipinski definition) is 4. The zero-order valence-corrected chi connectivity index (χ0v) is 13.8. The number of aromatic nitrogens is 1. The van der Waals surface area contributed by atoms with Crippen molar-refractivity contribution >= 4 is 34.0 Å². The van der Waals surface area contributed by atoms with Gasteiger partial charge in [-0.1, -0.05) is 29.8 Å². The van der Waals surface area contributed by atoms with Gasteiger partial charge in [-0.05, 0) is 19.9 Å². The third kappa shape index (κ3) is 3.74. The zero-order valence-electron chi connectivity index (χ0n) is 12.2. The Bertz CT molecular complexity index is 639. The van der Waals surface area contributed by atoms with Gasteiger partial charge in [-0.15, -0.1) is 11.3 Å². The van der Waals surface area contributed by atoms with E-state index in [1.54, 1.807) is 7.05 Å². The highest BCUT2D eigenvalue weighted by Gasteiger charge is 2.26. The first-order chi connectivity index (χ1) is 9.94. The highest BCUT2D eigenvalue weighted by atomic mass is 35.5. The summed E-state index contributed by atoms with van der Waals surface area (Å²) < 4.78 is 0. The van der Waals surface area contributed by atoms with Crippen LogP contribution in [0, 0.1) is 5.41 Å². The summed E-state index contributed by atoms with van der Waals surface area (Å²) >= 11 is 7.67. The molecule has 0 spiro atoms. The van der Waals surface area contributed by atoms with E-state index in [1.807, 2.05) is 43.5 Å². The van der Waals surface area contributed by atoms with E-state index in [1.165, 1.54) is 11.3 Å². The van der Waals surface area contributed by atoms with Crippen molar-refractivity contribution in [2.24, 2.45) is 5.41 Å². The van der Waals surface area contributed by atoms with Gasteiger partial charge >= 0.3 is 0 Å². The van der Waals surface area contributed by atoms with Crippen LogP contribution in [0.2, 0.25) is 5.02 Å². The van der Waals surface area contributed by atoms with E-state index >= 15 is 0 Å². The van der Waals surface area contributed by atoms with Gasteiger partial charge in [0.2, 0.25) is 5.91 Å². The molecule has 0 unspecified atom stereocenters. The van der Waals surface area contributed by atoms with E-state index in [0.29, 0.717) is 11.6 Å². The van der Waals surface area contributed by atoms with Crippen LogP contribution in [0.3, 0.4) is 0 Å². The van der Waals surface area contributed by atoms with E-state index < -0.39 is 5.41 Å². The Morgan fingerprint density at radius 3 is 2.76 bits per heavy atom. The second-order valence-corrected chi connectivity index (χ2v) is 6.60. The fourth-order valence-corrected chi connectivity index (χ4v) is 2.80. The van der Waals surface area contributed by atoms with Gasteiger partial charge in [0.15, 0.2) is 5.13 Å². The molecule has 1 aromatic carbocycles. The van der Waals surface area contributed by atoms with Gasteiger partial charge < -0.3 is 10.6 Å². The largest absolute Gasteiger partial charge is 0.360 e. The van der Waals surface area contributed by atoms with Crippen molar-refractivity contribution in [1.29, 1.82) is 0 Å². The van der Waals surface area contributed by atoms with Crippen molar-refractivity contribution in [3.05, 3.63) is 34.7 Å². The van der Waals surface area contributed by atoms with Gasteiger partial charge in [-0.2, -0.15) is 0 Å². The number of amides is 1. The number of anilines is 1. The highest BCUT2D eigenvalue weighted by Crippen LogP contribution is 2.30. The molecule has 0 aliphatic heterocycles. The Kier molecular flexibility index (Phi) is 4.85. The number of nitrogens with one attached hydrogen (secondary N) is 2. The molecule has 0 bridgehead atoms. The first-order valence-electron chi connectivity index (χ1n) is 6.60. The minimum absolute atomic E-state index is 0.00196. The standard InChI is InChI=1S/C15H18ClN3OS/c1-15(2,13(20)17-3)9-18-14-19-12(8-21-14)10-6-4-5-7-11(10)16/h4-8H,9H2,1-3H3,(H,17,20)(H,18,19). The Labute approximate surface area is 133 Å². The highest BCUT2D eigenvalue weighted by molar-refractivity contribution is 7.14. The minimum atomic E-state index is -0.495. The Morgan fingerprint density at radius 1 is 1.38 bits per heavy atom. The fourth-order valence-electron chi connectivity index (χ4n) is 1.86. The Hall–Kier alpha value is -1.59. The van der Waals surface area contributed by atoms with Crippen LogP contribution in [0.5, 0.6) is 0 Å². The summed E-state index contributed by atoms with van der Waals surface area (Å²) in [4.78, 5) is 16.3. The molecule has 1 heterocycles. The van der Waals surface area contributed by atoms with Crippen LogP contribution in [0.15, 0.2) is 29.6 Å². The molecular weight excluding hydrogens is 306 g/mol. The van der Waals surface area contributed by atoms with Crippen LogP contribution in [0.1, 0.15) is 13.8 Å². The lowest BCUT2D eigenvalue weighted by Crippen LogP contribution is -2.39. The van der Waals surface area contributed by atoms with E-state index in [0.717, 1.165) is 16.4 Å². The summed E-state index contributed by atoms with van der Waals surface area (Å²) in [5.41, 5.74) is 1.25. The van der Waals surface area contributed by atoms with Crippen LogP contribution in [0.25, 0.3) is 11.3 Å². The van der Waals surface area contributed by atoms with Crippen molar-refractivity contribution in [3.8, 4) is 11.3 Å². The zero-order chi connectivity index (χ0) is 15.5. The lowest BCUT2D eigenvalue weighted by Gasteiger charge is -2.22. The van der Waals surface area contributed by atoms with Crippen molar-refractivity contribution < 1.29 is 4.79 Å². The van der Waals surface area contributed by atoms with Crippen molar-refractivity contribution in [2.75, 3.05) is 18.9 Å². The summed E-state index contributed by atoms with van der Waals surface area (Å²) in [5.74, 6) is -0.00196. The smallest absolute Gasteiger partial charge is 0.227 e. The second kappa shape index (κ2) is 6.45. The molecule has 1 amide bonds. The SMILES string of the molecule is CNC(=O)C(C)(C)CNc1nc(-c2ccccc2Cl)cs1. The number of carbonyl (C=O) groups is 1. The molecule has 2 N–H and O–H groups in total. The molecule has 112 valence electrons. The summed E-state index contributed by atoms with van der Waals surface area (Å²) in [6, 6.07) is 7.61. The third-order valence-electron chi connectivity index (χ3n) is 3.18. The predicted octanol–water partition coefficient (Wildman–Crippen LogP) is 3.65. The summed E-state index contributed by atoms with van der Waals surface area (Å²) in [7, 11) is 1.64. The summed E-state index contributed by atoms with van der Waals surface area (Å²) in [5, 5.41) is 9.29.